The minimum absolute atomic E-state index is 0.358. The smallest absolute Gasteiger partial charge is 0.00153 e. The summed E-state index contributed by atoms with van der Waals surface area (Å²) in [4.78, 5) is 0. The summed E-state index contributed by atoms with van der Waals surface area (Å²) in [6, 6.07) is 0. The second kappa shape index (κ2) is 25.5. The fourth-order valence-electron chi connectivity index (χ4n) is 4.43. The van der Waals surface area contributed by atoms with Crippen molar-refractivity contribution in [1.82, 2.24) is 0 Å². The number of unbranched alkanes of at least 4 members (excludes halogenated alkanes) is 9. The van der Waals surface area contributed by atoms with Gasteiger partial charge in [-0.3, -0.25) is 0 Å². The molecule has 200 valence electrons. The summed E-state index contributed by atoms with van der Waals surface area (Å²) in [5.41, 5.74) is 0. The van der Waals surface area contributed by atoms with Crippen LogP contribution in [-0.4, -0.2) is 0 Å². The first kappa shape index (κ1) is 33.4. The van der Waals surface area contributed by atoms with E-state index in [0.29, 0.717) is 23.7 Å². The van der Waals surface area contributed by atoms with Gasteiger partial charge in [0.05, 0.1) is 0 Å². The van der Waals surface area contributed by atoms with Gasteiger partial charge in [-0.15, -0.1) is 6.58 Å². The number of hydrogen-bond donors (Lipinski definition) is 0. The topological polar surface area (TPSA) is 0 Å². The first-order valence-electron chi connectivity index (χ1n) is 15.2. The molecule has 0 aromatic heterocycles. The highest BCUT2D eigenvalue weighted by molar-refractivity contribution is 5.17. The Morgan fingerprint density at radius 1 is 0.429 bits per heavy atom. The Morgan fingerprint density at radius 2 is 0.771 bits per heavy atom. The van der Waals surface area contributed by atoms with Gasteiger partial charge in [-0.2, -0.15) is 0 Å². The van der Waals surface area contributed by atoms with Gasteiger partial charge in [-0.05, 0) is 43.9 Å². The van der Waals surface area contributed by atoms with Crippen molar-refractivity contribution >= 4 is 0 Å². The van der Waals surface area contributed by atoms with Gasteiger partial charge in [0.2, 0.25) is 0 Å². The van der Waals surface area contributed by atoms with E-state index < -0.39 is 0 Å². The summed E-state index contributed by atoms with van der Waals surface area (Å²) in [7, 11) is 0. The van der Waals surface area contributed by atoms with E-state index in [2.05, 4.69) is 108 Å². The molecular formula is C35H60. The SMILES string of the molecule is C=CC(C=CCCCC)C(C=CCCCC)C(C=CCCCC)C(C=CCCC)C=CCCCC. The van der Waals surface area contributed by atoms with Crippen LogP contribution >= 0.6 is 0 Å². The Kier molecular flexibility index (Phi) is 24.4. The Morgan fingerprint density at radius 3 is 1.14 bits per heavy atom. The summed E-state index contributed by atoms with van der Waals surface area (Å²) in [5.74, 6) is 1.64. The largest absolute Gasteiger partial charge is 0.102 e. The molecular weight excluding hydrogens is 420 g/mol. The molecule has 0 aliphatic carbocycles. The van der Waals surface area contributed by atoms with Crippen molar-refractivity contribution in [2.24, 2.45) is 23.7 Å². The normalized spacial score (nSPS) is 16.3. The highest BCUT2D eigenvalue weighted by atomic mass is 14.3. The van der Waals surface area contributed by atoms with Crippen LogP contribution in [-0.2, 0) is 0 Å². The second-order valence-electron chi connectivity index (χ2n) is 10.0. The first-order valence-corrected chi connectivity index (χ1v) is 15.2. The molecule has 35 heavy (non-hydrogen) atoms. The summed E-state index contributed by atoms with van der Waals surface area (Å²) in [6.07, 6.45) is 44.0. The zero-order valence-electron chi connectivity index (χ0n) is 24.3. The lowest BCUT2D eigenvalue weighted by Gasteiger charge is -2.31. The van der Waals surface area contributed by atoms with Gasteiger partial charge >= 0.3 is 0 Å². The molecule has 0 spiro atoms. The fourth-order valence-corrected chi connectivity index (χ4v) is 4.43. The van der Waals surface area contributed by atoms with Crippen molar-refractivity contribution in [1.29, 1.82) is 0 Å². The molecule has 0 rings (SSSR count). The lowest BCUT2D eigenvalue weighted by Crippen LogP contribution is -2.24. The lowest BCUT2D eigenvalue weighted by molar-refractivity contribution is 0.372. The van der Waals surface area contributed by atoms with E-state index in [0.717, 1.165) is 6.42 Å². The van der Waals surface area contributed by atoms with Gasteiger partial charge < -0.3 is 0 Å². The third-order valence-electron chi connectivity index (χ3n) is 6.75. The molecule has 0 amide bonds. The van der Waals surface area contributed by atoms with Crippen LogP contribution in [0.2, 0.25) is 0 Å². The molecule has 0 saturated carbocycles. The van der Waals surface area contributed by atoms with Crippen LogP contribution in [0.1, 0.15) is 125 Å². The Bertz CT molecular complexity index is 600. The summed E-state index contributed by atoms with van der Waals surface area (Å²) in [5, 5.41) is 0. The van der Waals surface area contributed by atoms with Crippen LogP contribution in [0.4, 0.5) is 0 Å². The maximum Gasteiger partial charge on any atom is 0.00153 e. The second-order valence-corrected chi connectivity index (χ2v) is 10.0. The molecule has 0 heteroatoms. The molecule has 0 bridgehead atoms. The predicted octanol–water partition coefficient (Wildman–Crippen LogP) is 12.0. The monoisotopic (exact) mass is 480 g/mol. The number of rotatable bonds is 23. The summed E-state index contributed by atoms with van der Waals surface area (Å²) >= 11 is 0. The molecule has 0 N–H and O–H groups in total. The maximum atomic E-state index is 4.29. The molecule has 0 saturated heterocycles. The van der Waals surface area contributed by atoms with Crippen molar-refractivity contribution in [2.45, 2.75) is 125 Å². The van der Waals surface area contributed by atoms with E-state index in [9.17, 15) is 0 Å². The van der Waals surface area contributed by atoms with E-state index >= 15 is 0 Å². The van der Waals surface area contributed by atoms with Crippen LogP contribution in [0, 0.1) is 23.7 Å². The lowest BCUT2D eigenvalue weighted by atomic mass is 9.73. The van der Waals surface area contributed by atoms with Crippen molar-refractivity contribution in [3.05, 3.63) is 73.4 Å². The van der Waals surface area contributed by atoms with Gasteiger partial charge in [0.1, 0.15) is 0 Å². The number of hydrogen-bond acceptors (Lipinski definition) is 0. The van der Waals surface area contributed by atoms with E-state index in [1.54, 1.807) is 0 Å². The average Bonchev–Trinajstić information content (AvgIpc) is 2.87. The standard InChI is InChI=1S/C35H60/c1-7-13-18-23-27-32(12-6)34(30-25-20-15-9-3)35(31-26-21-16-10-4)33(28-22-17-11-5)29-24-19-14-8-2/h12,22-35H,6-11,13-21H2,1-5H3. The van der Waals surface area contributed by atoms with Crippen LogP contribution in [0.15, 0.2) is 73.4 Å². The Balaban J connectivity index is 6.27. The first-order chi connectivity index (χ1) is 17.2. The molecule has 0 aromatic rings. The van der Waals surface area contributed by atoms with Crippen molar-refractivity contribution in [3.8, 4) is 0 Å². The van der Waals surface area contributed by atoms with E-state index in [1.807, 2.05) is 0 Å². The van der Waals surface area contributed by atoms with Crippen LogP contribution in [0.25, 0.3) is 0 Å². The van der Waals surface area contributed by atoms with E-state index in [4.69, 9.17) is 0 Å². The fraction of sp³-hybridized carbons (Fsp3) is 0.657. The summed E-state index contributed by atoms with van der Waals surface area (Å²) < 4.78 is 0. The zero-order chi connectivity index (χ0) is 26.0. The predicted molar refractivity (Wildman–Crippen MR) is 163 cm³/mol. The van der Waals surface area contributed by atoms with Gasteiger partial charge in [0, 0.05) is 11.8 Å². The molecule has 0 aliphatic rings. The maximum absolute atomic E-state index is 4.29. The van der Waals surface area contributed by atoms with Crippen LogP contribution in [0.5, 0.6) is 0 Å². The quantitative estimate of drug-likeness (QED) is 0.101. The van der Waals surface area contributed by atoms with Crippen molar-refractivity contribution in [3.63, 3.8) is 0 Å². The number of allylic oxidation sites excluding steroid dienone is 11. The van der Waals surface area contributed by atoms with E-state index in [1.165, 1.54) is 83.5 Å². The van der Waals surface area contributed by atoms with Gasteiger partial charge in [-0.1, -0.05) is 159 Å². The van der Waals surface area contributed by atoms with Gasteiger partial charge in [0.25, 0.3) is 0 Å². The zero-order valence-corrected chi connectivity index (χ0v) is 24.3. The molecule has 4 unspecified atom stereocenters. The highest BCUT2D eigenvalue weighted by Gasteiger charge is 2.27. The van der Waals surface area contributed by atoms with Crippen molar-refractivity contribution in [2.75, 3.05) is 0 Å². The van der Waals surface area contributed by atoms with Gasteiger partial charge in [-0.25, -0.2) is 0 Å². The molecule has 0 aliphatic heterocycles. The van der Waals surface area contributed by atoms with Gasteiger partial charge in [0.15, 0.2) is 0 Å². The van der Waals surface area contributed by atoms with Crippen LogP contribution in [0.3, 0.4) is 0 Å². The molecule has 0 radical (unpaired) electrons. The molecule has 4 atom stereocenters. The highest BCUT2D eigenvalue weighted by Crippen LogP contribution is 2.34. The Labute approximate surface area is 221 Å². The molecule has 0 fully saturated rings. The molecule has 0 heterocycles. The Hall–Kier alpha value is -1.56. The minimum atomic E-state index is 0.358. The third kappa shape index (κ3) is 17.5. The molecule has 0 nitrogen and oxygen atoms in total. The third-order valence-corrected chi connectivity index (χ3v) is 6.75. The van der Waals surface area contributed by atoms with Crippen molar-refractivity contribution < 1.29 is 0 Å². The van der Waals surface area contributed by atoms with E-state index in [-0.39, 0.29) is 0 Å². The summed E-state index contributed by atoms with van der Waals surface area (Å²) in [6.45, 7) is 15.7. The minimum Gasteiger partial charge on any atom is -0.102 e. The average molecular weight is 481 g/mol. The molecule has 0 aromatic carbocycles. The van der Waals surface area contributed by atoms with Crippen LogP contribution < -0.4 is 0 Å².